The number of hydrogen-bond acceptors (Lipinski definition) is 10. The summed E-state index contributed by atoms with van der Waals surface area (Å²) in [6.45, 7) is 22.5. The monoisotopic (exact) mass is 765 g/mol. The fourth-order valence-corrected chi connectivity index (χ4v) is 5.39. The molecule has 2 saturated carbocycles. The van der Waals surface area contributed by atoms with Crippen molar-refractivity contribution < 1.29 is 48.0 Å². The molecule has 306 valence electrons. The second-order valence-electron chi connectivity index (χ2n) is 16.9. The van der Waals surface area contributed by atoms with E-state index in [4.69, 9.17) is 29.8 Å². The molecule has 2 aliphatic rings. The van der Waals surface area contributed by atoms with Crippen LogP contribution in [0, 0.1) is 17.8 Å². The number of nitrogens with one attached hydrogen (secondary N) is 2. The molecule has 2 fully saturated rings. The van der Waals surface area contributed by atoms with Gasteiger partial charge in [0, 0.05) is 0 Å². The zero-order chi connectivity index (χ0) is 39.5. The summed E-state index contributed by atoms with van der Waals surface area (Å²) in [6.07, 6.45) is 8.96. The lowest BCUT2D eigenvalue weighted by atomic mass is 10.0. The van der Waals surface area contributed by atoms with Crippen molar-refractivity contribution in [3.63, 3.8) is 0 Å². The lowest BCUT2D eigenvalue weighted by Crippen LogP contribution is -2.45. The lowest BCUT2D eigenvalue weighted by Gasteiger charge is -2.24. The highest BCUT2D eigenvalue weighted by Gasteiger charge is 2.29. The molecular formula is C38H72ClN3O10. The number of carbonyl (C=O) groups is 5. The number of alkyl carbamates (subject to hydrolysis) is 2. The maximum absolute atomic E-state index is 12.2. The Labute approximate surface area is 319 Å². The maximum atomic E-state index is 12.2. The van der Waals surface area contributed by atoms with Crippen molar-refractivity contribution in [3.05, 3.63) is 0 Å². The molecular weight excluding hydrogens is 694 g/mol. The molecule has 0 aromatic heterocycles. The van der Waals surface area contributed by atoms with Gasteiger partial charge in [-0.2, -0.15) is 0 Å². The molecule has 5 N–H and O–H groups in total. The predicted molar refractivity (Wildman–Crippen MR) is 204 cm³/mol. The van der Waals surface area contributed by atoms with Crippen LogP contribution < -0.4 is 16.4 Å². The van der Waals surface area contributed by atoms with Crippen molar-refractivity contribution in [2.24, 2.45) is 23.5 Å². The molecule has 0 aliphatic heterocycles. The van der Waals surface area contributed by atoms with Crippen molar-refractivity contribution in [3.8, 4) is 0 Å². The van der Waals surface area contributed by atoms with Gasteiger partial charge in [-0.3, -0.25) is 4.79 Å². The van der Waals surface area contributed by atoms with Crippen LogP contribution in [0.3, 0.4) is 0 Å². The fraction of sp³-hybridized carbons (Fsp3) is 0.868. The zero-order valence-corrected chi connectivity index (χ0v) is 34.8. The van der Waals surface area contributed by atoms with Crippen molar-refractivity contribution in [1.82, 2.24) is 10.6 Å². The Bertz CT molecular complexity index is 1060. The topological polar surface area (TPSA) is 193 Å². The molecule has 0 bridgehead atoms. The second kappa shape index (κ2) is 25.3. The molecule has 3 atom stereocenters. The van der Waals surface area contributed by atoms with Gasteiger partial charge in [0.2, 0.25) is 0 Å². The van der Waals surface area contributed by atoms with Gasteiger partial charge in [-0.1, -0.05) is 41.5 Å². The average Bonchev–Trinajstić information content (AvgIpc) is 3.64. The van der Waals surface area contributed by atoms with Gasteiger partial charge in [0.05, 0.1) is 0 Å². The number of nitrogens with two attached hydrogens (primary N) is 1. The summed E-state index contributed by atoms with van der Waals surface area (Å²) in [4.78, 5) is 57.8. The smallest absolute Gasteiger partial charge is 0.408 e. The number of rotatable bonds is 13. The molecule has 0 radical (unpaired) electrons. The minimum absolute atomic E-state index is 0. The van der Waals surface area contributed by atoms with Crippen LogP contribution in [0.25, 0.3) is 0 Å². The summed E-state index contributed by atoms with van der Waals surface area (Å²) < 4.78 is 21.0. The van der Waals surface area contributed by atoms with Crippen LogP contribution in [-0.2, 0) is 33.3 Å². The molecule has 2 rings (SSSR count). The molecule has 0 aromatic rings. The molecule has 0 heterocycles. The van der Waals surface area contributed by atoms with Crippen LogP contribution in [0.1, 0.15) is 154 Å². The Morgan fingerprint density at radius 1 is 0.615 bits per heavy atom. The Morgan fingerprint density at radius 3 is 1.27 bits per heavy atom. The number of amides is 2. The highest BCUT2D eigenvalue weighted by molar-refractivity contribution is 5.85. The largest absolute Gasteiger partial charge is 0.480 e. The first kappa shape index (κ1) is 51.3. The van der Waals surface area contributed by atoms with Gasteiger partial charge < -0.3 is 40.4 Å². The summed E-state index contributed by atoms with van der Waals surface area (Å²) in [7, 11) is 0. The molecule has 0 saturated heterocycles. The quantitative estimate of drug-likeness (QED) is 0.106. The third kappa shape index (κ3) is 26.9. The molecule has 0 spiro atoms. The highest BCUT2D eigenvalue weighted by atomic mass is 35.5. The molecule has 2 aliphatic carbocycles. The van der Waals surface area contributed by atoms with Gasteiger partial charge in [0.15, 0.2) is 0 Å². The average molecular weight is 766 g/mol. The molecule has 2 amide bonds. The minimum Gasteiger partial charge on any atom is -0.480 e. The van der Waals surface area contributed by atoms with E-state index < -0.39 is 47.5 Å². The van der Waals surface area contributed by atoms with E-state index in [1.165, 1.54) is 12.8 Å². The molecule has 13 nitrogen and oxygen atoms in total. The van der Waals surface area contributed by atoms with E-state index in [0.29, 0.717) is 25.2 Å². The van der Waals surface area contributed by atoms with E-state index in [2.05, 4.69) is 24.5 Å². The van der Waals surface area contributed by atoms with Gasteiger partial charge in [-0.15, -0.1) is 12.4 Å². The number of carbonyl (C=O) groups excluding carboxylic acids is 4. The predicted octanol–water partition coefficient (Wildman–Crippen LogP) is 7.69. The van der Waals surface area contributed by atoms with Gasteiger partial charge in [0.25, 0.3) is 0 Å². The number of halogens is 1. The van der Waals surface area contributed by atoms with Crippen molar-refractivity contribution in [1.29, 1.82) is 0 Å². The van der Waals surface area contributed by atoms with Gasteiger partial charge in [0.1, 0.15) is 41.5 Å². The van der Waals surface area contributed by atoms with Gasteiger partial charge >= 0.3 is 30.1 Å². The number of ether oxygens (including phenoxy) is 4. The molecule has 0 unspecified atom stereocenters. The first-order valence-electron chi connectivity index (χ1n) is 18.8. The SMILES string of the molecule is CC(C)C[C@H](N)C(=O)OC1CCCC1.CC(C)C[C@H](NC(=O)OC(C)(C)C)C(=O)O.CC(C)C[C@H](NC(=O)OC(C)(C)C)C(=O)OC1CCCC1.Cl. The second-order valence-corrected chi connectivity index (χ2v) is 16.9. The van der Waals surface area contributed by atoms with E-state index >= 15 is 0 Å². The maximum Gasteiger partial charge on any atom is 0.408 e. The Hall–Kier alpha value is -2.80. The normalized spacial score (nSPS) is 16.6. The van der Waals surface area contributed by atoms with Crippen LogP contribution >= 0.6 is 12.4 Å². The van der Waals surface area contributed by atoms with Crippen LogP contribution in [0.2, 0.25) is 0 Å². The first-order valence-corrected chi connectivity index (χ1v) is 18.8. The Morgan fingerprint density at radius 2 is 0.942 bits per heavy atom. The van der Waals surface area contributed by atoms with E-state index in [1.807, 2.05) is 27.7 Å². The molecule has 52 heavy (non-hydrogen) atoms. The number of carboxylic acid groups (broad SMARTS) is 1. The third-order valence-corrected chi connectivity index (χ3v) is 7.58. The first-order chi connectivity index (χ1) is 23.4. The fourth-order valence-electron chi connectivity index (χ4n) is 5.39. The molecule has 0 aromatic carbocycles. The molecule has 14 heteroatoms. The standard InChI is InChI=1S/C16H29NO4.C11H21NO4.C11H21NO2.ClH/c1-11(2)10-13(17-15(19)21-16(3,4)5)14(18)20-12-8-6-7-9-12;1-7(2)6-8(9(13)14)12-10(15)16-11(3,4)5;1-8(2)7-10(12)11(13)14-9-5-3-4-6-9;/h11-13H,6-10H2,1-5H3,(H,17,19);7-8H,6H2,1-5H3,(H,12,15)(H,13,14);8-10H,3-7,12H2,1-2H3;1H/t13-;8-;10-;/m000./s1. The van der Waals surface area contributed by atoms with Crippen LogP contribution in [0.15, 0.2) is 0 Å². The van der Waals surface area contributed by atoms with Gasteiger partial charge in [-0.05, 0) is 130 Å². The van der Waals surface area contributed by atoms with Crippen LogP contribution in [0.4, 0.5) is 9.59 Å². The van der Waals surface area contributed by atoms with E-state index in [-0.39, 0.29) is 48.4 Å². The summed E-state index contributed by atoms with van der Waals surface area (Å²) >= 11 is 0. The number of carboxylic acids is 1. The summed E-state index contributed by atoms with van der Waals surface area (Å²) in [6, 6.07) is -1.97. The van der Waals surface area contributed by atoms with Gasteiger partial charge in [-0.25, -0.2) is 19.2 Å². The minimum atomic E-state index is -1.04. The van der Waals surface area contributed by atoms with E-state index in [9.17, 15) is 24.0 Å². The van der Waals surface area contributed by atoms with Crippen LogP contribution in [-0.4, -0.2) is 76.7 Å². The third-order valence-electron chi connectivity index (χ3n) is 7.58. The summed E-state index contributed by atoms with van der Waals surface area (Å²) in [5.41, 5.74) is 4.52. The Balaban J connectivity index is 0. The number of hydrogen-bond donors (Lipinski definition) is 4. The lowest BCUT2D eigenvalue weighted by molar-refractivity contribution is -0.152. The van der Waals surface area contributed by atoms with E-state index in [0.717, 1.165) is 38.5 Å². The zero-order valence-electron chi connectivity index (χ0n) is 34.0. The summed E-state index contributed by atoms with van der Waals surface area (Å²) in [5.74, 6) is -0.690. The number of esters is 2. The van der Waals surface area contributed by atoms with Crippen molar-refractivity contribution >= 4 is 42.5 Å². The summed E-state index contributed by atoms with van der Waals surface area (Å²) in [5, 5.41) is 13.9. The van der Waals surface area contributed by atoms with E-state index in [1.54, 1.807) is 41.5 Å². The van der Waals surface area contributed by atoms with Crippen LogP contribution in [0.5, 0.6) is 0 Å². The van der Waals surface area contributed by atoms with Crippen molar-refractivity contribution in [2.45, 2.75) is 195 Å². The van der Waals surface area contributed by atoms with Crippen molar-refractivity contribution in [2.75, 3.05) is 0 Å². The number of aliphatic carboxylic acids is 1. The Kier molecular flexibility index (Phi) is 24.9. The highest BCUT2D eigenvalue weighted by Crippen LogP contribution is 2.23.